The highest BCUT2D eigenvalue weighted by Gasteiger charge is 2.13. The van der Waals surface area contributed by atoms with Gasteiger partial charge in [0, 0.05) is 12.4 Å². The Morgan fingerprint density at radius 3 is 2.55 bits per heavy atom. The van der Waals surface area contributed by atoms with Gasteiger partial charge in [-0.15, -0.1) is 0 Å². The van der Waals surface area contributed by atoms with Gasteiger partial charge in [-0.1, -0.05) is 30.3 Å². The molecule has 1 aromatic carbocycles. The Morgan fingerprint density at radius 1 is 1.00 bits per heavy atom. The van der Waals surface area contributed by atoms with Gasteiger partial charge in [-0.25, -0.2) is 9.97 Å². The van der Waals surface area contributed by atoms with Gasteiger partial charge in [-0.05, 0) is 24.6 Å². The standard InChI is InChI=1S/C16H15N3O/c1-12(13-6-3-2-4-7-13)19-16-15(17-9-10-18-16)14-8-5-11-20-14/h2-12H,1H3,(H,18,19)/t12-/m0/s1. The fraction of sp³-hybridized carbons (Fsp3) is 0.125. The lowest BCUT2D eigenvalue weighted by Crippen LogP contribution is -2.09. The molecule has 0 saturated heterocycles. The highest BCUT2D eigenvalue weighted by atomic mass is 16.3. The van der Waals surface area contributed by atoms with Crippen LogP contribution in [0.1, 0.15) is 18.5 Å². The molecule has 0 bridgehead atoms. The molecule has 0 unspecified atom stereocenters. The predicted octanol–water partition coefficient (Wildman–Crippen LogP) is 3.91. The Labute approximate surface area is 117 Å². The topological polar surface area (TPSA) is 51.0 Å². The third kappa shape index (κ3) is 2.54. The van der Waals surface area contributed by atoms with Crippen molar-refractivity contribution in [3.63, 3.8) is 0 Å². The molecule has 4 heteroatoms. The van der Waals surface area contributed by atoms with E-state index in [1.807, 2.05) is 30.3 Å². The third-order valence-electron chi connectivity index (χ3n) is 3.11. The van der Waals surface area contributed by atoms with Crippen LogP contribution in [0, 0.1) is 0 Å². The highest BCUT2D eigenvalue weighted by Crippen LogP contribution is 2.26. The van der Waals surface area contributed by atoms with Crippen LogP contribution in [0.5, 0.6) is 0 Å². The van der Waals surface area contributed by atoms with Crippen molar-refractivity contribution < 1.29 is 4.42 Å². The lowest BCUT2D eigenvalue weighted by molar-refractivity contribution is 0.579. The minimum atomic E-state index is 0.140. The summed E-state index contributed by atoms with van der Waals surface area (Å²) < 4.78 is 5.40. The van der Waals surface area contributed by atoms with Crippen molar-refractivity contribution in [2.45, 2.75) is 13.0 Å². The van der Waals surface area contributed by atoms with E-state index in [0.717, 1.165) is 11.5 Å². The van der Waals surface area contributed by atoms with Gasteiger partial charge in [0.1, 0.15) is 5.69 Å². The van der Waals surface area contributed by atoms with Crippen LogP contribution in [0.4, 0.5) is 5.82 Å². The largest absolute Gasteiger partial charge is 0.463 e. The summed E-state index contributed by atoms with van der Waals surface area (Å²) in [5, 5.41) is 3.38. The number of aromatic nitrogens is 2. The van der Waals surface area contributed by atoms with Crippen LogP contribution in [-0.2, 0) is 0 Å². The van der Waals surface area contributed by atoms with E-state index in [-0.39, 0.29) is 6.04 Å². The summed E-state index contributed by atoms with van der Waals surface area (Å²) in [6.07, 6.45) is 4.97. The maximum absolute atomic E-state index is 5.40. The molecule has 1 N–H and O–H groups in total. The maximum atomic E-state index is 5.40. The summed E-state index contributed by atoms with van der Waals surface area (Å²) in [6.45, 7) is 2.09. The molecule has 0 saturated carbocycles. The Morgan fingerprint density at radius 2 is 1.80 bits per heavy atom. The first kappa shape index (κ1) is 12.4. The zero-order valence-corrected chi connectivity index (χ0v) is 11.2. The van der Waals surface area contributed by atoms with Crippen molar-refractivity contribution in [2.75, 3.05) is 5.32 Å². The SMILES string of the molecule is C[C@H](Nc1nccnc1-c1ccco1)c1ccccc1. The van der Waals surface area contributed by atoms with Crippen LogP contribution < -0.4 is 5.32 Å². The van der Waals surface area contributed by atoms with E-state index < -0.39 is 0 Å². The number of anilines is 1. The van der Waals surface area contributed by atoms with Crippen molar-refractivity contribution >= 4 is 5.82 Å². The van der Waals surface area contributed by atoms with E-state index in [1.165, 1.54) is 5.56 Å². The maximum Gasteiger partial charge on any atom is 0.156 e. The second-order valence-electron chi connectivity index (χ2n) is 4.51. The smallest absolute Gasteiger partial charge is 0.156 e. The van der Waals surface area contributed by atoms with Crippen molar-refractivity contribution in [2.24, 2.45) is 0 Å². The van der Waals surface area contributed by atoms with E-state index >= 15 is 0 Å². The molecular formula is C16H15N3O. The molecule has 0 radical (unpaired) electrons. The zero-order chi connectivity index (χ0) is 13.8. The average Bonchev–Trinajstić information content (AvgIpc) is 3.03. The van der Waals surface area contributed by atoms with E-state index in [1.54, 1.807) is 18.7 Å². The molecule has 0 aliphatic carbocycles. The zero-order valence-electron chi connectivity index (χ0n) is 11.2. The summed E-state index contributed by atoms with van der Waals surface area (Å²) >= 11 is 0. The number of hydrogen-bond acceptors (Lipinski definition) is 4. The Balaban J connectivity index is 1.88. The van der Waals surface area contributed by atoms with Crippen molar-refractivity contribution in [3.05, 3.63) is 66.7 Å². The number of nitrogens with one attached hydrogen (secondary N) is 1. The molecule has 3 aromatic rings. The molecule has 2 heterocycles. The molecule has 2 aromatic heterocycles. The normalized spacial score (nSPS) is 12.1. The van der Waals surface area contributed by atoms with Gasteiger partial charge in [0.25, 0.3) is 0 Å². The summed E-state index contributed by atoms with van der Waals surface area (Å²) in [4.78, 5) is 8.72. The molecule has 100 valence electrons. The summed E-state index contributed by atoms with van der Waals surface area (Å²) in [6, 6.07) is 14.1. The number of hydrogen-bond donors (Lipinski definition) is 1. The van der Waals surface area contributed by atoms with Crippen LogP contribution >= 0.6 is 0 Å². The van der Waals surface area contributed by atoms with E-state index in [2.05, 4.69) is 34.3 Å². The van der Waals surface area contributed by atoms with Gasteiger partial charge >= 0.3 is 0 Å². The van der Waals surface area contributed by atoms with E-state index in [9.17, 15) is 0 Å². The number of furan rings is 1. The van der Waals surface area contributed by atoms with Gasteiger partial charge < -0.3 is 9.73 Å². The Hall–Kier alpha value is -2.62. The lowest BCUT2D eigenvalue weighted by atomic mass is 10.1. The van der Waals surface area contributed by atoms with Crippen LogP contribution in [0.25, 0.3) is 11.5 Å². The van der Waals surface area contributed by atoms with Gasteiger partial charge in [-0.2, -0.15) is 0 Å². The molecule has 0 amide bonds. The van der Waals surface area contributed by atoms with Crippen LogP contribution in [0.15, 0.2) is 65.5 Å². The summed E-state index contributed by atoms with van der Waals surface area (Å²) in [7, 11) is 0. The van der Waals surface area contributed by atoms with Crippen molar-refractivity contribution in [1.29, 1.82) is 0 Å². The average molecular weight is 265 g/mol. The highest BCUT2D eigenvalue weighted by molar-refractivity contribution is 5.67. The monoisotopic (exact) mass is 265 g/mol. The van der Waals surface area contributed by atoms with Gasteiger partial charge in [0.2, 0.25) is 0 Å². The van der Waals surface area contributed by atoms with E-state index in [0.29, 0.717) is 5.76 Å². The van der Waals surface area contributed by atoms with Crippen LogP contribution in [0.3, 0.4) is 0 Å². The summed E-state index contributed by atoms with van der Waals surface area (Å²) in [5.41, 5.74) is 1.92. The Bertz CT molecular complexity index is 665. The predicted molar refractivity (Wildman–Crippen MR) is 78.2 cm³/mol. The molecule has 1 atom stereocenters. The van der Waals surface area contributed by atoms with Gasteiger partial charge in [0.05, 0.1) is 12.3 Å². The van der Waals surface area contributed by atoms with Crippen LogP contribution in [0.2, 0.25) is 0 Å². The fourth-order valence-corrected chi connectivity index (χ4v) is 2.07. The molecule has 0 spiro atoms. The second kappa shape index (κ2) is 5.57. The van der Waals surface area contributed by atoms with Crippen LogP contribution in [-0.4, -0.2) is 9.97 Å². The lowest BCUT2D eigenvalue weighted by Gasteiger charge is -2.16. The first-order chi connectivity index (χ1) is 9.84. The molecule has 4 nitrogen and oxygen atoms in total. The first-order valence-electron chi connectivity index (χ1n) is 6.51. The molecule has 3 rings (SSSR count). The molecule has 0 fully saturated rings. The minimum absolute atomic E-state index is 0.140. The van der Waals surface area contributed by atoms with E-state index in [4.69, 9.17) is 4.42 Å². The quantitative estimate of drug-likeness (QED) is 0.777. The second-order valence-corrected chi connectivity index (χ2v) is 4.51. The molecule has 0 aliphatic heterocycles. The number of benzene rings is 1. The number of rotatable bonds is 4. The summed E-state index contributed by atoms with van der Waals surface area (Å²) in [5.74, 6) is 1.43. The first-order valence-corrected chi connectivity index (χ1v) is 6.51. The van der Waals surface area contributed by atoms with Gasteiger partial charge in [-0.3, -0.25) is 0 Å². The Kier molecular flexibility index (Phi) is 3.46. The number of nitrogens with zero attached hydrogens (tertiary/aromatic N) is 2. The van der Waals surface area contributed by atoms with Crippen molar-refractivity contribution in [1.82, 2.24) is 9.97 Å². The molecule has 20 heavy (non-hydrogen) atoms. The van der Waals surface area contributed by atoms with Crippen molar-refractivity contribution in [3.8, 4) is 11.5 Å². The third-order valence-corrected chi connectivity index (χ3v) is 3.11. The molecular weight excluding hydrogens is 250 g/mol. The molecule has 0 aliphatic rings. The fourth-order valence-electron chi connectivity index (χ4n) is 2.07. The van der Waals surface area contributed by atoms with Gasteiger partial charge in [0.15, 0.2) is 11.6 Å². The minimum Gasteiger partial charge on any atom is -0.463 e.